The molecule has 0 bridgehead atoms. The number of benzene rings is 1. The number of amides is 1. The molecule has 0 spiro atoms. The van der Waals surface area contributed by atoms with Gasteiger partial charge in [0.1, 0.15) is 0 Å². The Balaban J connectivity index is 1.91. The third kappa shape index (κ3) is 3.34. The zero-order valence-electron chi connectivity index (χ0n) is 15.1. The molecule has 0 unspecified atom stereocenters. The summed E-state index contributed by atoms with van der Waals surface area (Å²) in [6.45, 7) is 5.21. The van der Waals surface area contributed by atoms with Crippen LogP contribution in [0.2, 0.25) is 0 Å². The lowest BCUT2D eigenvalue weighted by Crippen LogP contribution is -2.36. The molecule has 8 heteroatoms. The van der Waals surface area contributed by atoms with E-state index in [1.54, 1.807) is 29.4 Å². The summed E-state index contributed by atoms with van der Waals surface area (Å²) in [5, 5.41) is 9.03. The first-order valence-electron chi connectivity index (χ1n) is 8.63. The van der Waals surface area contributed by atoms with Gasteiger partial charge < -0.3 is 4.74 Å². The average Bonchev–Trinajstić information content (AvgIpc) is 2.87. The van der Waals surface area contributed by atoms with Gasteiger partial charge in [-0.05, 0) is 12.1 Å². The molecule has 140 valence electrons. The molecule has 1 aromatic carbocycles. The zero-order valence-corrected chi connectivity index (χ0v) is 16.0. The van der Waals surface area contributed by atoms with Gasteiger partial charge in [-0.1, -0.05) is 42.1 Å². The number of fused-ring (bicyclic) bond motifs is 3. The number of para-hydroxylation sites is 1. The lowest BCUT2D eigenvalue weighted by atomic mass is 10.1. The maximum Gasteiger partial charge on any atom is 0.247 e. The van der Waals surface area contributed by atoms with Crippen LogP contribution in [0.3, 0.4) is 0 Å². The first-order valence-corrected chi connectivity index (χ1v) is 9.62. The van der Waals surface area contributed by atoms with E-state index >= 15 is 0 Å². The molecule has 2 aromatic heterocycles. The summed E-state index contributed by atoms with van der Waals surface area (Å²) >= 11 is 1.41. The van der Waals surface area contributed by atoms with Crippen LogP contribution in [0.1, 0.15) is 18.7 Å². The molecule has 0 N–H and O–H groups in total. The van der Waals surface area contributed by atoms with Crippen molar-refractivity contribution in [1.29, 1.82) is 0 Å². The van der Waals surface area contributed by atoms with Crippen molar-refractivity contribution < 1.29 is 9.53 Å². The molecule has 1 aliphatic heterocycles. The number of carbonyl (C=O) groups is 1. The molecular formula is C20H17N5O2S. The summed E-state index contributed by atoms with van der Waals surface area (Å²) in [4.78, 5) is 22.9. The first-order chi connectivity index (χ1) is 13.7. The third-order valence-electron chi connectivity index (χ3n) is 4.15. The normalized spacial score (nSPS) is 15.0. The Morgan fingerprint density at radius 2 is 2.14 bits per heavy atom. The number of hydrogen-bond acceptors (Lipinski definition) is 7. The molecule has 0 saturated heterocycles. The second-order valence-corrected chi connectivity index (χ2v) is 7.00. The molecule has 1 atom stereocenters. The standard InChI is InChI=1S/C20H17N5O2S/c1-3-11-28-20-22-18-17(23-24-20)15-8-4-5-9-16(15)25(13(2)26)19(27-18)14-7-6-10-21-12-14/h3-10,12,19H,1,11H2,2H3/t19-/m1/s1. The van der Waals surface area contributed by atoms with Crippen LogP contribution in [-0.2, 0) is 4.79 Å². The molecule has 4 rings (SSSR count). The van der Waals surface area contributed by atoms with Crippen LogP contribution >= 0.6 is 11.8 Å². The summed E-state index contributed by atoms with van der Waals surface area (Å²) in [5.74, 6) is 0.817. The quantitative estimate of drug-likeness (QED) is 0.496. The van der Waals surface area contributed by atoms with Crippen LogP contribution in [0.15, 0.2) is 66.6 Å². The van der Waals surface area contributed by atoms with Crippen LogP contribution in [0.25, 0.3) is 11.3 Å². The van der Waals surface area contributed by atoms with E-state index in [1.807, 2.05) is 30.3 Å². The van der Waals surface area contributed by atoms with E-state index in [1.165, 1.54) is 18.7 Å². The van der Waals surface area contributed by atoms with Gasteiger partial charge in [0.15, 0.2) is 5.69 Å². The molecule has 3 heterocycles. The highest BCUT2D eigenvalue weighted by molar-refractivity contribution is 7.99. The second-order valence-electron chi connectivity index (χ2n) is 6.01. The predicted octanol–water partition coefficient (Wildman–Crippen LogP) is 3.66. The summed E-state index contributed by atoms with van der Waals surface area (Å²) < 4.78 is 6.23. The molecule has 0 aliphatic carbocycles. The van der Waals surface area contributed by atoms with Crippen LogP contribution < -0.4 is 9.64 Å². The van der Waals surface area contributed by atoms with Crippen LogP contribution in [-0.4, -0.2) is 31.8 Å². The van der Waals surface area contributed by atoms with E-state index in [0.717, 1.165) is 11.1 Å². The highest BCUT2D eigenvalue weighted by atomic mass is 32.2. The summed E-state index contributed by atoms with van der Waals surface area (Å²) in [7, 11) is 0. The van der Waals surface area contributed by atoms with E-state index < -0.39 is 6.23 Å². The van der Waals surface area contributed by atoms with Crippen LogP contribution in [0.4, 0.5) is 5.69 Å². The molecule has 0 fully saturated rings. The number of hydrogen-bond donors (Lipinski definition) is 0. The highest BCUT2D eigenvalue weighted by Crippen LogP contribution is 2.43. The number of carbonyl (C=O) groups excluding carboxylic acids is 1. The minimum atomic E-state index is -0.720. The topological polar surface area (TPSA) is 81.1 Å². The maximum absolute atomic E-state index is 12.6. The molecule has 1 amide bonds. The maximum atomic E-state index is 12.6. The number of anilines is 1. The van der Waals surface area contributed by atoms with Gasteiger partial charge in [0.25, 0.3) is 0 Å². The first kappa shape index (κ1) is 18.1. The number of thioether (sulfide) groups is 1. The Morgan fingerprint density at radius 3 is 2.89 bits per heavy atom. The van der Waals surface area contributed by atoms with Crippen molar-refractivity contribution in [3.05, 3.63) is 67.0 Å². The van der Waals surface area contributed by atoms with Crippen molar-refractivity contribution in [3.8, 4) is 17.1 Å². The number of rotatable bonds is 4. The molecule has 1 aliphatic rings. The minimum Gasteiger partial charge on any atom is -0.447 e. The van der Waals surface area contributed by atoms with Gasteiger partial charge in [0.05, 0.1) is 5.69 Å². The zero-order chi connectivity index (χ0) is 19.5. The van der Waals surface area contributed by atoms with E-state index in [2.05, 4.69) is 26.7 Å². The van der Waals surface area contributed by atoms with Gasteiger partial charge in [0.2, 0.25) is 23.2 Å². The SMILES string of the molecule is C=CCSc1nnc2c(n1)O[C@H](c1cccnc1)N(C(C)=O)c1ccccc1-2. The number of pyridine rings is 1. The van der Waals surface area contributed by atoms with Crippen LogP contribution in [0, 0.1) is 0 Å². The van der Waals surface area contributed by atoms with E-state index in [9.17, 15) is 4.79 Å². The van der Waals surface area contributed by atoms with Crippen molar-refractivity contribution in [2.24, 2.45) is 0 Å². The molecule has 28 heavy (non-hydrogen) atoms. The third-order valence-corrected chi connectivity index (χ3v) is 4.98. The fourth-order valence-corrected chi connectivity index (χ4v) is 3.50. The Morgan fingerprint density at radius 1 is 1.29 bits per heavy atom. The Hall–Kier alpha value is -3.26. The minimum absolute atomic E-state index is 0.164. The molecule has 7 nitrogen and oxygen atoms in total. The van der Waals surface area contributed by atoms with Crippen LogP contribution in [0.5, 0.6) is 5.88 Å². The summed E-state index contributed by atoms with van der Waals surface area (Å²) in [6.07, 6.45) is 4.40. The largest absolute Gasteiger partial charge is 0.447 e. The molecule has 0 radical (unpaired) electrons. The lowest BCUT2D eigenvalue weighted by Gasteiger charge is -2.29. The number of ether oxygens (including phenoxy) is 1. The van der Waals surface area contributed by atoms with Gasteiger partial charge in [-0.25, -0.2) is 0 Å². The molecule has 0 saturated carbocycles. The Bertz CT molecular complexity index is 1030. The fraction of sp³-hybridized carbons (Fsp3) is 0.150. The second kappa shape index (κ2) is 7.77. The Kier molecular flexibility index (Phi) is 5.03. The van der Waals surface area contributed by atoms with Gasteiger partial charge in [-0.3, -0.25) is 14.7 Å². The predicted molar refractivity (Wildman–Crippen MR) is 107 cm³/mol. The fourth-order valence-electron chi connectivity index (χ4n) is 2.99. The number of aromatic nitrogens is 4. The van der Waals surface area contributed by atoms with Crippen molar-refractivity contribution >= 4 is 23.4 Å². The smallest absolute Gasteiger partial charge is 0.247 e. The Labute approximate surface area is 166 Å². The number of nitrogens with zero attached hydrogens (tertiary/aromatic N) is 5. The lowest BCUT2D eigenvalue weighted by molar-refractivity contribution is -0.118. The van der Waals surface area contributed by atoms with Gasteiger partial charge in [-0.2, -0.15) is 4.98 Å². The van der Waals surface area contributed by atoms with Crippen molar-refractivity contribution in [1.82, 2.24) is 20.2 Å². The molecular weight excluding hydrogens is 374 g/mol. The van der Waals surface area contributed by atoms with Crippen molar-refractivity contribution in [3.63, 3.8) is 0 Å². The van der Waals surface area contributed by atoms with Gasteiger partial charge in [-0.15, -0.1) is 16.8 Å². The van der Waals surface area contributed by atoms with Crippen molar-refractivity contribution in [2.75, 3.05) is 10.7 Å². The highest BCUT2D eigenvalue weighted by Gasteiger charge is 2.34. The van der Waals surface area contributed by atoms with Gasteiger partial charge in [0, 0.05) is 36.2 Å². The van der Waals surface area contributed by atoms with E-state index in [0.29, 0.717) is 28.2 Å². The van der Waals surface area contributed by atoms with E-state index in [-0.39, 0.29) is 5.91 Å². The monoisotopic (exact) mass is 391 g/mol. The van der Waals surface area contributed by atoms with Crippen molar-refractivity contribution in [2.45, 2.75) is 18.3 Å². The summed E-state index contributed by atoms with van der Waals surface area (Å²) in [6, 6.07) is 11.2. The summed E-state index contributed by atoms with van der Waals surface area (Å²) in [5.41, 5.74) is 2.65. The van der Waals surface area contributed by atoms with Gasteiger partial charge >= 0.3 is 0 Å². The molecule has 3 aromatic rings. The van der Waals surface area contributed by atoms with E-state index in [4.69, 9.17) is 4.74 Å². The average molecular weight is 391 g/mol.